The summed E-state index contributed by atoms with van der Waals surface area (Å²) in [6.45, 7) is 3.30. The summed E-state index contributed by atoms with van der Waals surface area (Å²) in [5, 5.41) is 8.05. The zero-order chi connectivity index (χ0) is 29.7. The molecule has 0 bridgehead atoms. The molecule has 5 rings (SSSR count). The van der Waals surface area contributed by atoms with Gasteiger partial charge in [0.25, 0.3) is 0 Å². The first-order chi connectivity index (χ1) is 19.3. The van der Waals surface area contributed by atoms with Gasteiger partial charge in [0.05, 0.1) is 33.2 Å². The molecule has 0 unspecified atom stereocenters. The van der Waals surface area contributed by atoms with Gasteiger partial charge in [0.2, 0.25) is 11.9 Å². The lowest BCUT2D eigenvalue weighted by molar-refractivity contribution is -0.206. The Morgan fingerprint density at radius 1 is 1.22 bits per heavy atom. The number of benzene rings is 1. The molecule has 0 radical (unpaired) electrons. The second kappa shape index (κ2) is 10.5. The maximum absolute atomic E-state index is 15.6. The number of aromatic nitrogens is 2. The molecule has 4 N–H and O–H groups in total. The van der Waals surface area contributed by atoms with Crippen LogP contribution in [-0.4, -0.2) is 33.7 Å². The first-order valence-corrected chi connectivity index (χ1v) is 13.2. The average Bonchev–Trinajstić information content (AvgIpc) is 3.67. The monoisotopic (exact) mass is 591 g/mol. The van der Waals surface area contributed by atoms with Gasteiger partial charge in [0.15, 0.2) is 0 Å². The molecular formula is C28H27ClF5N7. The van der Waals surface area contributed by atoms with Crippen molar-refractivity contribution in [1.82, 2.24) is 25.9 Å². The standard InChI is InChI=1S/C28H27ClF5N7/c1-5-15-12-35-23-19(22(15)36-13-27(3,4)28(32,33)34)10-16(11-20(23)29)38-24(18-8-9-21(30)37-14(18)2)25-26(31)41(40-39-25)17-6-7-17/h1,8-12,17,24,38-40H,6-7,13H2,2-4H3,(H,35,36)/t24-/m0/s1. The summed E-state index contributed by atoms with van der Waals surface area (Å²) >= 11 is 6.59. The molecule has 7 nitrogen and oxygen atoms in total. The SMILES string of the molecule is C#Cc1cnc2c(Cl)cc(N[C@H](C3=C(F)N(C4CC4)NN3)c3ccc(F)nc3C)cc2c1NCC(C)(C)C(F)(F)F. The van der Waals surface area contributed by atoms with Crippen LogP contribution in [0.3, 0.4) is 0 Å². The number of hydrogen-bond donors (Lipinski definition) is 4. The van der Waals surface area contributed by atoms with Crippen molar-refractivity contribution in [2.75, 3.05) is 17.2 Å². The zero-order valence-corrected chi connectivity index (χ0v) is 23.1. The van der Waals surface area contributed by atoms with Crippen molar-refractivity contribution in [1.29, 1.82) is 0 Å². The first kappa shape index (κ1) is 28.7. The highest BCUT2D eigenvalue weighted by Gasteiger charge is 2.47. The molecule has 0 spiro atoms. The Labute approximate surface area is 238 Å². The Morgan fingerprint density at radius 3 is 2.59 bits per heavy atom. The molecule has 0 amide bonds. The largest absolute Gasteiger partial charge is 0.395 e. The normalized spacial score (nSPS) is 16.5. The van der Waals surface area contributed by atoms with Crippen LogP contribution in [0.2, 0.25) is 5.02 Å². The number of aryl methyl sites for hydroxylation is 1. The number of alkyl halides is 3. The minimum absolute atomic E-state index is 0.00560. The van der Waals surface area contributed by atoms with Crippen LogP contribution in [-0.2, 0) is 0 Å². The summed E-state index contributed by atoms with van der Waals surface area (Å²) in [5.74, 6) is 1.24. The van der Waals surface area contributed by atoms with Gasteiger partial charge in [-0.25, -0.2) is 4.98 Å². The minimum Gasteiger partial charge on any atom is -0.383 e. The lowest BCUT2D eigenvalue weighted by Crippen LogP contribution is -2.39. The number of nitrogens with zero attached hydrogens (tertiary/aromatic N) is 3. The summed E-state index contributed by atoms with van der Waals surface area (Å²) in [4.78, 5) is 8.22. The van der Waals surface area contributed by atoms with Gasteiger partial charge < -0.3 is 16.1 Å². The van der Waals surface area contributed by atoms with Crippen molar-refractivity contribution in [3.8, 4) is 12.3 Å². The number of terminal acetylenes is 1. The average molecular weight is 592 g/mol. The fraction of sp³-hybridized carbons (Fsp3) is 0.357. The van der Waals surface area contributed by atoms with E-state index in [0.717, 1.165) is 26.7 Å². The molecular weight excluding hydrogens is 565 g/mol. The van der Waals surface area contributed by atoms with E-state index in [4.69, 9.17) is 18.0 Å². The third-order valence-corrected chi connectivity index (χ3v) is 7.50. The molecule has 1 saturated carbocycles. The number of anilines is 2. The smallest absolute Gasteiger partial charge is 0.383 e. The van der Waals surface area contributed by atoms with Crippen LogP contribution in [0.1, 0.15) is 49.6 Å². The summed E-state index contributed by atoms with van der Waals surface area (Å²) in [5.41, 5.74) is 5.80. The lowest BCUT2D eigenvalue weighted by atomic mass is 9.92. The predicted molar refractivity (Wildman–Crippen MR) is 148 cm³/mol. The van der Waals surface area contributed by atoms with E-state index in [1.54, 1.807) is 19.1 Å². The van der Waals surface area contributed by atoms with Gasteiger partial charge in [-0.15, -0.1) is 12.0 Å². The molecule has 3 aromatic rings. The fourth-order valence-corrected chi connectivity index (χ4v) is 4.77. The topological polar surface area (TPSA) is 77.1 Å². The second-order valence-electron chi connectivity index (χ2n) is 10.7. The molecule has 216 valence electrons. The fourth-order valence-electron chi connectivity index (χ4n) is 4.50. The molecule has 1 fully saturated rings. The van der Waals surface area contributed by atoms with E-state index in [0.29, 0.717) is 27.8 Å². The molecule has 2 aliphatic rings. The number of rotatable bonds is 8. The van der Waals surface area contributed by atoms with Crippen molar-refractivity contribution < 1.29 is 22.0 Å². The molecule has 1 aliphatic heterocycles. The number of pyridine rings is 2. The van der Waals surface area contributed by atoms with Crippen molar-refractivity contribution in [2.24, 2.45) is 5.41 Å². The summed E-state index contributed by atoms with van der Waals surface area (Å²) in [7, 11) is 0. The molecule has 1 atom stereocenters. The van der Waals surface area contributed by atoms with E-state index in [-0.39, 0.29) is 28.0 Å². The third kappa shape index (κ3) is 5.56. The van der Waals surface area contributed by atoms with Gasteiger partial charge in [-0.1, -0.05) is 23.6 Å². The molecule has 13 heteroatoms. The number of hydrogen-bond acceptors (Lipinski definition) is 7. The Bertz CT molecular complexity index is 1580. The first-order valence-electron chi connectivity index (χ1n) is 12.8. The van der Waals surface area contributed by atoms with Crippen molar-refractivity contribution in [2.45, 2.75) is 51.9 Å². The molecule has 3 heterocycles. The van der Waals surface area contributed by atoms with Crippen LogP contribution in [0.25, 0.3) is 10.9 Å². The second-order valence-corrected chi connectivity index (χ2v) is 11.1. The van der Waals surface area contributed by atoms with E-state index in [1.165, 1.54) is 23.3 Å². The lowest BCUT2D eigenvalue weighted by Gasteiger charge is -2.29. The molecule has 41 heavy (non-hydrogen) atoms. The molecule has 2 aromatic heterocycles. The van der Waals surface area contributed by atoms with E-state index in [1.807, 2.05) is 0 Å². The van der Waals surface area contributed by atoms with E-state index < -0.39 is 36.1 Å². The highest BCUT2D eigenvalue weighted by molar-refractivity contribution is 6.35. The minimum atomic E-state index is -4.47. The Morgan fingerprint density at radius 2 is 1.95 bits per heavy atom. The summed E-state index contributed by atoms with van der Waals surface area (Å²) < 4.78 is 70.2. The predicted octanol–water partition coefficient (Wildman–Crippen LogP) is 6.49. The van der Waals surface area contributed by atoms with Crippen LogP contribution >= 0.6 is 11.6 Å². The van der Waals surface area contributed by atoms with Crippen LogP contribution < -0.4 is 21.6 Å². The maximum Gasteiger partial charge on any atom is 0.395 e. The van der Waals surface area contributed by atoms with Crippen LogP contribution in [0, 0.1) is 30.6 Å². The van der Waals surface area contributed by atoms with Crippen molar-refractivity contribution >= 4 is 33.9 Å². The van der Waals surface area contributed by atoms with E-state index in [2.05, 4.69) is 37.5 Å². The van der Waals surface area contributed by atoms with Gasteiger partial charge >= 0.3 is 6.18 Å². The molecule has 0 saturated heterocycles. The number of halogens is 6. The number of fused-ring (bicyclic) bond motifs is 1. The number of hydrazine groups is 2. The summed E-state index contributed by atoms with van der Waals surface area (Å²) in [6, 6.07) is 5.00. The Balaban J connectivity index is 1.59. The van der Waals surface area contributed by atoms with Gasteiger partial charge in [-0.2, -0.15) is 22.0 Å². The van der Waals surface area contributed by atoms with Crippen LogP contribution in [0.15, 0.2) is 42.1 Å². The Hall–Kier alpha value is -3.82. The van der Waals surface area contributed by atoms with E-state index >= 15 is 4.39 Å². The summed E-state index contributed by atoms with van der Waals surface area (Å²) in [6.07, 6.45) is 4.22. The number of nitrogens with one attached hydrogen (secondary N) is 4. The van der Waals surface area contributed by atoms with Gasteiger partial charge in [-0.05, 0) is 51.8 Å². The highest BCUT2D eigenvalue weighted by atomic mass is 35.5. The van der Waals surface area contributed by atoms with Gasteiger partial charge in [0.1, 0.15) is 5.70 Å². The van der Waals surface area contributed by atoms with Crippen LogP contribution in [0.5, 0.6) is 0 Å². The third-order valence-electron chi connectivity index (χ3n) is 7.22. The zero-order valence-electron chi connectivity index (χ0n) is 22.3. The Kier molecular flexibility index (Phi) is 7.38. The maximum atomic E-state index is 15.6. The van der Waals surface area contributed by atoms with Crippen LogP contribution in [0.4, 0.5) is 33.3 Å². The van der Waals surface area contributed by atoms with Crippen molar-refractivity contribution in [3.05, 3.63) is 69.9 Å². The van der Waals surface area contributed by atoms with Gasteiger partial charge in [0, 0.05) is 41.1 Å². The van der Waals surface area contributed by atoms with E-state index in [9.17, 15) is 17.6 Å². The molecule has 1 aromatic carbocycles. The molecule has 1 aliphatic carbocycles. The van der Waals surface area contributed by atoms with Gasteiger partial charge in [-0.3, -0.25) is 9.99 Å². The quantitative estimate of drug-likeness (QED) is 0.103. The van der Waals surface area contributed by atoms with Crippen molar-refractivity contribution in [3.63, 3.8) is 0 Å². The highest BCUT2D eigenvalue weighted by Crippen LogP contribution is 2.41.